The zero-order chi connectivity index (χ0) is 28.2. The second-order valence-electron chi connectivity index (χ2n) is 9.13. The van der Waals surface area contributed by atoms with Crippen LogP contribution in [0.1, 0.15) is 68.1 Å². The van der Waals surface area contributed by atoms with Gasteiger partial charge >= 0.3 is 5.97 Å². The largest absolute Gasteiger partial charge is 0.476 e. The molecule has 1 aliphatic rings. The van der Waals surface area contributed by atoms with Crippen molar-refractivity contribution in [3.63, 3.8) is 0 Å². The van der Waals surface area contributed by atoms with Gasteiger partial charge in [-0.1, -0.05) is 43.7 Å². The van der Waals surface area contributed by atoms with Gasteiger partial charge in [-0.05, 0) is 77.5 Å². The number of carbonyl (C=O) groups is 2. The molecule has 6 nitrogen and oxygen atoms in total. The number of benzene rings is 2. The van der Waals surface area contributed by atoms with E-state index in [2.05, 4.69) is 0 Å². The lowest BCUT2D eigenvalue weighted by molar-refractivity contribution is -0.158. The highest BCUT2D eigenvalue weighted by Crippen LogP contribution is 2.29. The highest BCUT2D eigenvalue weighted by Gasteiger charge is 2.32. The standard InChI is InChI=1S/C15H22O3.C12H16N2OS2.C2H6/c1-7-17-14(16)15(5,6)18-13-11(3)8-10(2)9-12(13)4;1-16-11-4-2-9(3-5-11)12(15)10-6-7-14(8-10)17-13;1-2/h8-9H,7H2,1-6H3;2-5,10H,6-8,13H2,1H3;1-2H3. The van der Waals surface area contributed by atoms with Crippen molar-refractivity contribution in [2.45, 2.75) is 72.3 Å². The Labute approximate surface area is 232 Å². The molecule has 1 saturated heterocycles. The average molecular weight is 549 g/mol. The molecule has 1 heterocycles. The van der Waals surface area contributed by atoms with E-state index in [0.717, 1.165) is 42.0 Å². The van der Waals surface area contributed by atoms with Gasteiger partial charge < -0.3 is 9.47 Å². The number of ether oxygens (including phenoxy) is 2. The summed E-state index contributed by atoms with van der Waals surface area (Å²) >= 11 is 2.92. The minimum Gasteiger partial charge on any atom is -0.476 e. The van der Waals surface area contributed by atoms with Crippen LogP contribution in [-0.4, -0.2) is 47.6 Å². The molecule has 1 unspecified atom stereocenters. The topological polar surface area (TPSA) is 81.9 Å². The van der Waals surface area contributed by atoms with Crippen molar-refractivity contribution in [2.75, 3.05) is 26.0 Å². The van der Waals surface area contributed by atoms with E-state index in [0.29, 0.717) is 6.61 Å². The fraction of sp³-hybridized carbons (Fsp3) is 0.517. The highest BCUT2D eigenvalue weighted by atomic mass is 32.2. The zero-order valence-electron chi connectivity index (χ0n) is 23.8. The lowest BCUT2D eigenvalue weighted by Crippen LogP contribution is -2.40. The number of rotatable bonds is 8. The fourth-order valence-corrected chi connectivity index (χ4v) is 4.84. The van der Waals surface area contributed by atoms with Gasteiger partial charge in [0.15, 0.2) is 11.4 Å². The van der Waals surface area contributed by atoms with Crippen LogP contribution in [0, 0.1) is 26.7 Å². The lowest BCUT2D eigenvalue weighted by atomic mass is 9.97. The number of esters is 1. The maximum Gasteiger partial charge on any atom is 0.349 e. The van der Waals surface area contributed by atoms with Crippen LogP contribution in [0.5, 0.6) is 5.75 Å². The van der Waals surface area contributed by atoms with E-state index in [1.165, 1.54) is 22.6 Å². The van der Waals surface area contributed by atoms with Gasteiger partial charge in [-0.25, -0.2) is 9.10 Å². The van der Waals surface area contributed by atoms with Crippen LogP contribution in [0.4, 0.5) is 0 Å². The molecule has 2 N–H and O–H groups in total. The predicted octanol–water partition coefficient (Wildman–Crippen LogP) is 6.79. The molecule has 8 heteroatoms. The Morgan fingerprint density at radius 3 is 2.11 bits per heavy atom. The summed E-state index contributed by atoms with van der Waals surface area (Å²) in [6.45, 7) is 17.3. The van der Waals surface area contributed by atoms with Crippen LogP contribution in [0.3, 0.4) is 0 Å². The van der Waals surface area contributed by atoms with E-state index < -0.39 is 5.60 Å². The second-order valence-corrected chi connectivity index (χ2v) is 10.7. The van der Waals surface area contributed by atoms with E-state index >= 15 is 0 Å². The molecule has 0 saturated carbocycles. The zero-order valence-corrected chi connectivity index (χ0v) is 25.5. The van der Waals surface area contributed by atoms with Gasteiger partial charge in [0.25, 0.3) is 0 Å². The molecular weight excluding hydrogens is 504 g/mol. The molecule has 206 valence electrons. The lowest BCUT2D eigenvalue weighted by Gasteiger charge is -2.26. The van der Waals surface area contributed by atoms with E-state index in [9.17, 15) is 9.59 Å². The third-order valence-electron chi connectivity index (χ3n) is 5.77. The summed E-state index contributed by atoms with van der Waals surface area (Å²) in [6, 6.07) is 11.9. The minimum absolute atomic E-state index is 0.103. The smallest absolute Gasteiger partial charge is 0.349 e. The second kappa shape index (κ2) is 16.1. The normalized spacial score (nSPS) is 15.1. The molecule has 0 radical (unpaired) electrons. The molecule has 2 aromatic rings. The van der Waals surface area contributed by atoms with Crippen LogP contribution in [0.2, 0.25) is 0 Å². The molecular formula is C29H44N2O4S2. The average Bonchev–Trinajstić information content (AvgIpc) is 3.37. The maximum atomic E-state index is 12.2. The van der Waals surface area contributed by atoms with Crippen LogP contribution in [0.15, 0.2) is 41.3 Å². The number of ketones is 1. The summed E-state index contributed by atoms with van der Waals surface area (Å²) in [5.74, 6) is 0.767. The first-order valence-corrected chi connectivity index (χ1v) is 14.8. The predicted molar refractivity (Wildman–Crippen MR) is 157 cm³/mol. The molecule has 0 bridgehead atoms. The quantitative estimate of drug-likeness (QED) is 0.167. The van der Waals surface area contributed by atoms with Crippen LogP contribution in [0.25, 0.3) is 0 Å². The number of hydrogen-bond donors (Lipinski definition) is 1. The van der Waals surface area contributed by atoms with Gasteiger partial charge in [0.1, 0.15) is 5.75 Å². The van der Waals surface area contributed by atoms with Crippen LogP contribution >= 0.6 is 23.9 Å². The Hall–Kier alpha value is -2.00. The summed E-state index contributed by atoms with van der Waals surface area (Å²) in [5, 5.41) is 5.50. The Morgan fingerprint density at radius 1 is 1.08 bits per heavy atom. The first-order chi connectivity index (χ1) is 17.5. The Bertz CT molecular complexity index is 986. The Morgan fingerprint density at radius 2 is 1.65 bits per heavy atom. The molecule has 0 amide bonds. The van der Waals surface area contributed by atoms with Crippen molar-refractivity contribution in [2.24, 2.45) is 11.1 Å². The van der Waals surface area contributed by atoms with Gasteiger partial charge in [0.05, 0.1) is 6.61 Å². The molecule has 0 spiro atoms. The van der Waals surface area contributed by atoms with E-state index in [1.54, 1.807) is 32.5 Å². The monoisotopic (exact) mass is 548 g/mol. The van der Waals surface area contributed by atoms with Crippen LogP contribution in [-0.2, 0) is 9.53 Å². The van der Waals surface area contributed by atoms with Gasteiger partial charge in [0, 0.05) is 41.6 Å². The molecule has 2 aromatic carbocycles. The van der Waals surface area contributed by atoms with Gasteiger partial charge in [-0.3, -0.25) is 9.93 Å². The van der Waals surface area contributed by atoms with Crippen molar-refractivity contribution in [3.8, 4) is 5.75 Å². The third-order valence-corrected chi connectivity index (χ3v) is 7.15. The minimum atomic E-state index is -0.971. The molecule has 1 atom stereocenters. The van der Waals surface area contributed by atoms with Crippen molar-refractivity contribution in [1.82, 2.24) is 4.31 Å². The molecule has 0 aliphatic carbocycles. The number of hydrogen-bond acceptors (Lipinski definition) is 8. The highest BCUT2D eigenvalue weighted by molar-refractivity contribution is 7.98. The molecule has 1 fully saturated rings. The summed E-state index contributed by atoms with van der Waals surface area (Å²) < 4.78 is 12.9. The summed E-state index contributed by atoms with van der Waals surface area (Å²) in [7, 11) is 0. The van der Waals surface area contributed by atoms with Crippen molar-refractivity contribution >= 4 is 35.6 Å². The van der Waals surface area contributed by atoms with Crippen molar-refractivity contribution in [1.29, 1.82) is 0 Å². The number of nitrogens with two attached hydrogens (primary N) is 1. The molecule has 0 aromatic heterocycles. The fourth-order valence-electron chi connectivity index (χ4n) is 3.96. The molecule has 3 rings (SSSR count). The number of nitrogens with zero attached hydrogens (tertiary/aromatic N) is 1. The number of aryl methyl sites for hydroxylation is 3. The Kier molecular flexibility index (Phi) is 14.3. The SMILES string of the molecule is CC.CCOC(=O)C(C)(C)Oc1c(C)cc(C)cc1C.CSc1ccc(C(=O)C2CCN(SN)C2)cc1. The summed E-state index contributed by atoms with van der Waals surface area (Å²) in [4.78, 5) is 25.2. The van der Waals surface area contributed by atoms with Crippen molar-refractivity contribution in [3.05, 3.63) is 58.7 Å². The van der Waals surface area contributed by atoms with E-state index in [4.69, 9.17) is 14.6 Å². The Balaban J connectivity index is 0.000000347. The maximum absolute atomic E-state index is 12.2. The summed E-state index contributed by atoms with van der Waals surface area (Å²) in [6.07, 6.45) is 2.94. The van der Waals surface area contributed by atoms with E-state index in [-0.39, 0.29) is 17.7 Å². The third kappa shape index (κ3) is 10.0. The van der Waals surface area contributed by atoms with Crippen LogP contribution < -0.4 is 9.88 Å². The number of carbonyl (C=O) groups excluding carboxylic acids is 2. The molecule has 37 heavy (non-hydrogen) atoms. The van der Waals surface area contributed by atoms with Gasteiger partial charge in [-0.2, -0.15) is 0 Å². The number of Topliss-reactive ketones (excluding diaryl/α,β-unsaturated/α-hetero) is 1. The van der Waals surface area contributed by atoms with Gasteiger partial charge in [-0.15, -0.1) is 11.8 Å². The number of thioether (sulfide) groups is 1. The molecule has 1 aliphatic heterocycles. The van der Waals surface area contributed by atoms with Gasteiger partial charge in [0.2, 0.25) is 0 Å². The first-order valence-electron chi connectivity index (χ1n) is 12.8. The summed E-state index contributed by atoms with van der Waals surface area (Å²) in [5.41, 5.74) is 3.10. The first kappa shape index (κ1) is 33.0. The van der Waals surface area contributed by atoms with Crippen molar-refractivity contribution < 1.29 is 19.1 Å². The van der Waals surface area contributed by atoms with E-state index in [1.807, 2.05) is 81.6 Å².